The number of benzene rings is 2. The van der Waals surface area contributed by atoms with Gasteiger partial charge in [0.1, 0.15) is 11.5 Å². The van der Waals surface area contributed by atoms with Gasteiger partial charge in [-0.3, -0.25) is 0 Å². The van der Waals surface area contributed by atoms with E-state index >= 15 is 0 Å². The van der Waals surface area contributed by atoms with Gasteiger partial charge >= 0.3 is 0 Å². The van der Waals surface area contributed by atoms with Crippen LogP contribution < -0.4 is 14.8 Å². The van der Waals surface area contributed by atoms with Gasteiger partial charge in [-0.2, -0.15) is 4.98 Å². The first-order chi connectivity index (χ1) is 16.0. The number of hydrogen-bond donors (Lipinski definition) is 1. The fraction of sp³-hybridized carbons (Fsp3) is 0.320. The van der Waals surface area contributed by atoms with Crippen LogP contribution in [0.3, 0.4) is 0 Å². The van der Waals surface area contributed by atoms with E-state index in [9.17, 15) is 0 Å². The van der Waals surface area contributed by atoms with Crippen LogP contribution in [-0.4, -0.2) is 40.9 Å². The lowest BCUT2D eigenvalue weighted by Crippen LogP contribution is -2.46. The predicted molar refractivity (Wildman–Crippen MR) is 132 cm³/mol. The molecule has 172 valence electrons. The lowest BCUT2D eigenvalue weighted by molar-refractivity contribution is 0.395. The Labute approximate surface area is 199 Å². The topological polar surface area (TPSA) is 72.7 Å². The molecule has 1 atom stereocenters. The molecule has 1 N–H and O–H groups in total. The first-order valence-electron chi connectivity index (χ1n) is 11.0. The summed E-state index contributed by atoms with van der Waals surface area (Å²) in [5, 5.41) is 8.44. The summed E-state index contributed by atoms with van der Waals surface area (Å²) in [6.07, 6.45) is 2.10. The summed E-state index contributed by atoms with van der Waals surface area (Å²) in [5.74, 6) is 2.50. The summed E-state index contributed by atoms with van der Waals surface area (Å²) in [6.45, 7) is 5.05. The van der Waals surface area contributed by atoms with Crippen molar-refractivity contribution in [2.75, 3.05) is 20.8 Å². The lowest BCUT2D eigenvalue weighted by Gasteiger charge is -2.37. The summed E-state index contributed by atoms with van der Waals surface area (Å²) in [4.78, 5) is 6.87. The summed E-state index contributed by atoms with van der Waals surface area (Å²) in [5.41, 5.74) is 3.77. The van der Waals surface area contributed by atoms with Gasteiger partial charge in [0.15, 0.2) is 5.11 Å². The molecule has 1 aliphatic rings. The van der Waals surface area contributed by atoms with Gasteiger partial charge in [0, 0.05) is 17.8 Å². The van der Waals surface area contributed by atoms with E-state index in [1.165, 1.54) is 0 Å². The maximum atomic E-state index is 5.79. The standard InChI is InChI=1S/C25H28N4O3S/c1-5-6-14-29-16(2)21(22(26-25(29)33)17-10-12-19(30-3)13-11-17)24-27-23(28-32-24)18-8-7-9-20(15-18)31-4/h7-13,15,22H,5-6,14H2,1-4H3,(H,26,33). The minimum atomic E-state index is -0.222. The number of unbranched alkanes of at least 4 members (excludes halogenated alkanes) is 1. The number of hydrogen-bond acceptors (Lipinski definition) is 6. The van der Waals surface area contributed by atoms with Crippen LogP contribution in [0.4, 0.5) is 0 Å². The number of rotatable bonds is 8. The molecule has 0 aliphatic carbocycles. The fourth-order valence-corrected chi connectivity index (χ4v) is 4.25. The van der Waals surface area contributed by atoms with Crippen LogP contribution in [0.1, 0.15) is 44.2 Å². The molecule has 0 saturated carbocycles. The Morgan fingerprint density at radius 2 is 1.85 bits per heavy atom. The number of nitrogens with zero attached hydrogens (tertiary/aromatic N) is 3. The van der Waals surface area contributed by atoms with Crippen LogP contribution in [0.2, 0.25) is 0 Å². The number of aromatic nitrogens is 2. The largest absolute Gasteiger partial charge is 0.497 e. The predicted octanol–water partition coefficient (Wildman–Crippen LogP) is 5.22. The van der Waals surface area contributed by atoms with Crippen molar-refractivity contribution in [3.8, 4) is 22.9 Å². The highest BCUT2D eigenvalue weighted by molar-refractivity contribution is 7.80. The minimum absolute atomic E-state index is 0.222. The summed E-state index contributed by atoms with van der Waals surface area (Å²) >= 11 is 5.73. The van der Waals surface area contributed by atoms with E-state index in [0.717, 1.165) is 53.3 Å². The summed E-state index contributed by atoms with van der Waals surface area (Å²) in [7, 11) is 3.29. The van der Waals surface area contributed by atoms with E-state index in [2.05, 4.69) is 29.2 Å². The third kappa shape index (κ3) is 4.71. The van der Waals surface area contributed by atoms with Crippen LogP contribution in [0.25, 0.3) is 17.0 Å². The van der Waals surface area contributed by atoms with Gasteiger partial charge in [-0.25, -0.2) is 0 Å². The molecule has 2 aromatic carbocycles. The van der Waals surface area contributed by atoms with Gasteiger partial charge in [0.05, 0.1) is 25.8 Å². The monoisotopic (exact) mass is 464 g/mol. The van der Waals surface area contributed by atoms with Crippen molar-refractivity contribution in [2.24, 2.45) is 0 Å². The molecule has 0 fully saturated rings. The van der Waals surface area contributed by atoms with Crippen molar-refractivity contribution in [1.29, 1.82) is 0 Å². The van der Waals surface area contributed by atoms with Crippen LogP contribution in [0.15, 0.2) is 58.8 Å². The van der Waals surface area contributed by atoms with E-state index in [-0.39, 0.29) is 6.04 Å². The van der Waals surface area contributed by atoms with Gasteiger partial charge in [-0.05, 0) is 55.4 Å². The lowest BCUT2D eigenvalue weighted by atomic mass is 9.94. The summed E-state index contributed by atoms with van der Waals surface area (Å²) < 4.78 is 16.5. The molecule has 1 aliphatic heterocycles. The molecular weight excluding hydrogens is 436 g/mol. The fourth-order valence-electron chi connectivity index (χ4n) is 3.90. The molecule has 1 aromatic heterocycles. The first-order valence-corrected chi connectivity index (χ1v) is 11.4. The highest BCUT2D eigenvalue weighted by Gasteiger charge is 2.33. The van der Waals surface area contributed by atoms with Gasteiger partial charge in [-0.1, -0.05) is 42.8 Å². The second kappa shape index (κ2) is 10.0. The van der Waals surface area contributed by atoms with Crippen LogP contribution in [0, 0.1) is 0 Å². The maximum absolute atomic E-state index is 5.79. The van der Waals surface area contributed by atoms with E-state index in [1.807, 2.05) is 48.5 Å². The Hall–Kier alpha value is -3.39. The number of thiocarbonyl (C=S) groups is 1. The van der Waals surface area contributed by atoms with Gasteiger partial charge < -0.3 is 24.2 Å². The SMILES string of the molecule is CCCCN1C(=S)NC(c2ccc(OC)cc2)C(c2nc(-c3cccc(OC)c3)no2)=C1C. The second-order valence-electron chi connectivity index (χ2n) is 7.82. The van der Waals surface area contributed by atoms with Crippen LogP contribution in [-0.2, 0) is 0 Å². The highest BCUT2D eigenvalue weighted by atomic mass is 32.1. The molecule has 0 amide bonds. The number of methoxy groups -OCH3 is 2. The highest BCUT2D eigenvalue weighted by Crippen LogP contribution is 2.38. The first kappa shape index (κ1) is 22.8. The van der Waals surface area contributed by atoms with Gasteiger partial charge in [-0.15, -0.1) is 0 Å². The molecule has 2 heterocycles. The maximum Gasteiger partial charge on any atom is 0.258 e. The van der Waals surface area contributed by atoms with E-state index in [4.69, 9.17) is 31.2 Å². The third-order valence-electron chi connectivity index (χ3n) is 5.77. The van der Waals surface area contributed by atoms with E-state index < -0.39 is 0 Å². The Morgan fingerprint density at radius 3 is 2.55 bits per heavy atom. The number of nitrogens with one attached hydrogen (secondary N) is 1. The zero-order valence-corrected chi connectivity index (χ0v) is 20.1. The van der Waals surface area contributed by atoms with E-state index in [1.54, 1.807) is 14.2 Å². The van der Waals surface area contributed by atoms with Crippen molar-refractivity contribution >= 4 is 22.9 Å². The molecule has 0 spiro atoms. The Kier molecular flexibility index (Phi) is 6.93. The second-order valence-corrected chi connectivity index (χ2v) is 8.20. The molecular formula is C25H28N4O3S. The zero-order valence-electron chi connectivity index (χ0n) is 19.3. The minimum Gasteiger partial charge on any atom is -0.497 e. The average molecular weight is 465 g/mol. The average Bonchev–Trinajstić information content (AvgIpc) is 3.33. The Morgan fingerprint density at radius 1 is 1.09 bits per heavy atom. The molecule has 33 heavy (non-hydrogen) atoms. The Balaban J connectivity index is 1.78. The van der Waals surface area contributed by atoms with Gasteiger partial charge in [0.25, 0.3) is 5.89 Å². The van der Waals surface area contributed by atoms with Crippen molar-refractivity contribution in [3.05, 3.63) is 65.7 Å². The Bertz CT molecular complexity index is 1160. The molecule has 3 aromatic rings. The smallest absolute Gasteiger partial charge is 0.258 e. The third-order valence-corrected chi connectivity index (χ3v) is 6.10. The normalized spacial score (nSPS) is 16.1. The van der Waals surface area contributed by atoms with Gasteiger partial charge in [0.2, 0.25) is 5.82 Å². The zero-order chi connectivity index (χ0) is 23.4. The van der Waals surface area contributed by atoms with Crippen molar-refractivity contribution in [1.82, 2.24) is 20.4 Å². The molecule has 1 unspecified atom stereocenters. The molecule has 0 bridgehead atoms. The molecule has 8 heteroatoms. The van der Waals surface area contributed by atoms with Crippen molar-refractivity contribution in [2.45, 2.75) is 32.7 Å². The molecule has 0 radical (unpaired) electrons. The van der Waals surface area contributed by atoms with Crippen LogP contribution >= 0.6 is 12.2 Å². The quantitative estimate of drug-likeness (QED) is 0.455. The number of allylic oxidation sites excluding steroid dienone is 1. The molecule has 0 saturated heterocycles. The van der Waals surface area contributed by atoms with Crippen LogP contribution in [0.5, 0.6) is 11.5 Å². The van der Waals surface area contributed by atoms with Crippen molar-refractivity contribution < 1.29 is 14.0 Å². The number of ether oxygens (including phenoxy) is 2. The summed E-state index contributed by atoms with van der Waals surface area (Å²) in [6, 6.07) is 15.3. The molecule has 7 nitrogen and oxygen atoms in total. The van der Waals surface area contributed by atoms with E-state index in [0.29, 0.717) is 16.8 Å². The van der Waals surface area contributed by atoms with Crippen molar-refractivity contribution in [3.63, 3.8) is 0 Å². The molecule has 4 rings (SSSR count).